The van der Waals surface area contributed by atoms with E-state index in [1.54, 1.807) is 5.57 Å². The molecule has 1 spiro atoms. The summed E-state index contributed by atoms with van der Waals surface area (Å²) in [4.78, 5) is 15.3. The van der Waals surface area contributed by atoms with E-state index in [4.69, 9.17) is 4.74 Å². The van der Waals surface area contributed by atoms with Gasteiger partial charge in [0.15, 0.2) is 0 Å². The fourth-order valence-electron chi connectivity index (χ4n) is 9.42. The molecular formula is C23H33NO3. The molecule has 0 unspecified atom stereocenters. The number of allylic oxidation sites excluding steroid dienone is 1. The van der Waals surface area contributed by atoms with Gasteiger partial charge in [0.1, 0.15) is 5.72 Å². The van der Waals surface area contributed by atoms with E-state index >= 15 is 0 Å². The van der Waals surface area contributed by atoms with Gasteiger partial charge < -0.3 is 9.84 Å². The van der Waals surface area contributed by atoms with Crippen LogP contribution in [-0.2, 0) is 9.53 Å². The summed E-state index contributed by atoms with van der Waals surface area (Å²) >= 11 is 0. The Morgan fingerprint density at radius 1 is 1.22 bits per heavy atom. The molecule has 0 radical (unpaired) electrons. The van der Waals surface area contributed by atoms with Crippen molar-refractivity contribution in [3.8, 4) is 0 Å². The van der Waals surface area contributed by atoms with Gasteiger partial charge in [-0.1, -0.05) is 25.0 Å². The average Bonchev–Trinajstić information content (AvgIpc) is 3.26. The number of ether oxygens (including phenoxy) is 1. The Bertz CT molecular complexity index is 761. The van der Waals surface area contributed by atoms with Gasteiger partial charge in [-0.05, 0) is 68.1 Å². The summed E-state index contributed by atoms with van der Waals surface area (Å²) in [5.74, 6) is 1.72. The Hall–Kier alpha value is -0.870. The van der Waals surface area contributed by atoms with Crippen molar-refractivity contribution in [2.24, 2.45) is 40.4 Å². The zero-order valence-electron chi connectivity index (χ0n) is 17.0. The van der Waals surface area contributed by atoms with E-state index < -0.39 is 5.72 Å². The Morgan fingerprint density at radius 2 is 2.00 bits per heavy atom. The number of carbonyl (C=O) groups excluding carboxylic acids is 1. The van der Waals surface area contributed by atoms with Crippen LogP contribution in [0.1, 0.15) is 58.8 Å². The topological polar surface area (TPSA) is 49.8 Å². The van der Waals surface area contributed by atoms with Gasteiger partial charge in [0, 0.05) is 24.4 Å². The minimum absolute atomic E-state index is 0.0426. The van der Waals surface area contributed by atoms with Crippen molar-refractivity contribution < 1.29 is 14.6 Å². The highest BCUT2D eigenvalue weighted by atomic mass is 16.5. The van der Waals surface area contributed by atoms with Gasteiger partial charge in [-0.3, -0.25) is 9.69 Å². The number of aliphatic hydroxyl groups is 1. The lowest BCUT2D eigenvalue weighted by Crippen LogP contribution is -2.74. The number of esters is 1. The van der Waals surface area contributed by atoms with Crippen LogP contribution in [0.4, 0.5) is 0 Å². The third-order valence-corrected chi connectivity index (χ3v) is 10.4. The molecule has 27 heavy (non-hydrogen) atoms. The van der Waals surface area contributed by atoms with Crippen LogP contribution < -0.4 is 0 Å². The average molecular weight is 372 g/mol. The fourth-order valence-corrected chi connectivity index (χ4v) is 9.42. The van der Waals surface area contributed by atoms with Crippen molar-refractivity contribution >= 4 is 5.97 Å². The molecule has 1 N–H and O–H groups in total. The van der Waals surface area contributed by atoms with E-state index in [0.717, 1.165) is 38.8 Å². The first-order chi connectivity index (χ1) is 12.9. The first kappa shape index (κ1) is 17.0. The Morgan fingerprint density at radius 3 is 2.78 bits per heavy atom. The largest absolute Gasteiger partial charge is 0.469 e. The third kappa shape index (κ3) is 1.58. The van der Waals surface area contributed by atoms with E-state index in [0.29, 0.717) is 23.7 Å². The monoisotopic (exact) mass is 371 g/mol. The molecule has 0 amide bonds. The molecule has 0 aromatic heterocycles. The molecule has 6 aliphatic rings. The maximum Gasteiger partial charge on any atom is 0.309 e. The molecule has 2 heterocycles. The van der Waals surface area contributed by atoms with Crippen LogP contribution in [0.15, 0.2) is 11.1 Å². The van der Waals surface area contributed by atoms with Crippen LogP contribution in [0.2, 0.25) is 0 Å². The van der Waals surface area contributed by atoms with Crippen LogP contribution in [0.5, 0.6) is 0 Å². The molecule has 4 aliphatic carbocycles. The summed E-state index contributed by atoms with van der Waals surface area (Å²) in [5, 5.41) is 12.6. The van der Waals surface area contributed by atoms with Crippen LogP contribution in [0.3, 0.4) is 0 Å². The van der Waals surface area contributed by atoms with E-state index in [1.165, 1.54) is 31.9 Å². The SMILES string of the molecule is COC(=O)[C@@H]1C[C@@]23C4=C(CC[C@H]5CN6C[C@@H](C)[C@@H](CC[C@@]52C)[C@@]63O)CC[C@@H]41. The normalized spacial score (nSPS) is 55.5. The van der Waals surface area contributed by atoms with E-state index in [2.05, 4.69) is 18.7 Å². The molecule has 4 fully saturated rings. The number of carbonyl (C=O) groups is 1. The molecule has 2 saturated heterocycles. The maximum atomic E-state index is 12.8. The first-order valence-corrected chi connectivity index (χ1v) is 11.2. The maximum absolute atomic E-state index is 12.8. The molecule has 4 bridgehead atoms. The lowest BCUT2D eigenvalue weighted by Gasteiger charge is -2.69. The number of rotatable bonds is 1. The van der Waals surface area contributed by atoms with Crippen molar-refractivity contribution in [1.29, 1.82) is 0 Å². The fraction of sp³-hybridized carbons (Fsp3) is 0.870. The number of piperidine rings is 1. The molecule has 8 atom stereocenters. The van der Waals surface area contributed by atoms with Gasteiger partial charge in [0.25, 0.3) is 0 Å². The van der Waals surface area contributed by atoms with Gasteiger partial charge in [0.2, 0.25) is 0 Å². The third-order valence-electron chi connectivity index (χ3n) is 10.4. The van der Waals surface area contributed by atoms with Gasteiger partial charge in [-0.2, -0.15) is 0 Å². The number of hydrogen-bond donors (Lipinski definition) is 1. The highest BCUT2D eigenvalue weighted by Gasteiger charge is 2.80. The van der Waals surface area contributed by atoms with Crippen molar-refractivity contribution in [3.63, 3.8) is 0 Å². The highest BCUT2D eigenvalue weighted by Crippen LogP contribution is 2.79. The summed E-state index contributed by atoms with van der Waals surface area (Å²) < 4.78 is 5.28. The molecule has 0 aromatic carbocycles. The second-order valence-corrected chi connectivity index (χ2v) is 10.8. The highest BCUT2D eigenvalue weighted by molar-refractivity contribution is 5.75. The van der Waals surface area contributed by atoms with Crippen LogP contribution >= 0.6 is 0 Å². The summed E-state index contributed by atoms with van der Waals surface area (Å²) in [6.45, 7) is 6.89. The van der Waals surface area contributed by atoms with Crippen molar-refractivity contribution in [2.45, 2.75) is 64.5 Å². The van der Waals surface area contributed by atoms with E-state index in [-0.39, 0.29) is 22.7 Å². The van der Waals surface area contributed by atoms with Crippen molar-refractivity contribution in [2.75, 3.05) is 20.2 Å². The molecule has 4 heteroatoms. The Labute approximate surface area is 162 Å². The molecule has 2 aliphatic heterocycles. The minimum Gasteiger partial charge on any atom is -0.469 e. The zero-order chi connectivity index (χ0) is 18.8. The smallest absolute Gasteiger partial charge is 0.309 e. The summed E-state index contributed by atoms with van der Waals surface area (Å²) in [6, 6.07) is 0. The predicted molar refractivity (Wildman–Crippen MR) is 102 cm³/mol. The zero-order valence-corrected chi connectivity index (χ0v) is 17.0. The predicted octanol–water partition coefficient (Wildman–Crippen LogP) is 3.35. The van der Waals surface area contributed by atoms with Gasteiger partial charge in [-0.15, -0.1) is 0 Å². The molecule has 0 aromatic rings. The lowest BCUT2D eigenvalue weighted by molar-refractivity contribution is -0.294. The van der Waals surface area contributed by atoms with Crippen LogP contribution in [0, 0.1) is 40.4 Å². The van der Waals surface area contributed by atoms with Gasteiger partial charge in [0.05, 0.1) is 13.0 Å². The lowest BCUT2D eigenvalue weighted by atomic mass is 9.42. The van der Waals surface area contributed by atoms with E-state index in [1.807, 2.05) is 0 Å². The number of methoxy groups -OCH3 is 1. The number of nitrogens with zero attached hydrogens (tertiary/aromatic N) is 1. The molecule has 2 saturated carbocycles. The second kappa shape index (κ2) is 4.99. The molecule has 6 rings (SSSR count). The molecule has 148 valence electrons. The summed E-state index contributed by atoms with van der Waals surface area (Å²) in [5.41, 5.74) is 2.26. The van der Waals surface area contributed by atoms with Gasteiger partial charge in [-0.25, -0.2) is 0 Å². The van der Waals surface area contributed by atoms with Crippen LogP contribution in [-0.4, -0.2) is 41.9 Å². The Kier molecular flexibility index (Phi) is 3.15. The number of hydrogen-bond acceptors (Lipinski definition) is 4. The Balaban J connectivity index is 1.65. The quantitative estimate of drug-likeness (QED) is 0.567. The van der Waals surface area contributed by atoms with Gasteiger partial charge >= 0.3 is 5.97 Å². The first-order valence-electron chi connectivity index (χ1n) is 11.2. The van der Waals surface area contributed by atoms with E-state index in [9.17, 15) is 9.90 Å². The summed E-state index contributed by atoms with van der Waals surface area (Å²) in [7, 11) is 1.54. The molecular weight excluding hydrogens is 338 g/mol. The molecule has 4 nitrogen and oxygen atoms in total. The summed E-state index contributed by atoms with van der Waals surface area (Å²) in [6.07, 6.45) is 7.83. The minimum atomic E-state index is -0.758. The second-order valence-electron chi connectivity index (χ2n) is 10.8. The van der Waals surface area contributed by atoms with Crippen molar-refractivity contribution in [1.82, 2.24) is 4.90 Å². The van der Waals surface area contributed by atoms with Crippen LogP contribution in [0.25, 0.3) is 0 Å². The standard InChI is InChI=1S/C23H33NO3/c1-13-11-24-12-15-6-4-14-5-7-16-17(20(25)27-3)10-22(19(14)16)21(15,2)9-8-18(13)23(22,24)26/h13,15-18,26H,4-12H2,1-3H3/t13-,15+,16-,17-,18-,21+,22-,23+/m1/s1. The van der Waals surface area contributed by atoms with Crippen molar-refractivity contribution in [3.05, 3.63) is 11.1 Å².